The number of alkyl halides is 3. The predicted octanol–water partition coefficient (Wildman–Crippen LogP) is 4.14. The number of carbonyl (C=O) groups excluding carboxylic acids is 1. The van der Waals surface area contributed by atoms with E-state index in [2.05, 4.69) is 10.1 Å². The molecule has 0 heterocycles. The second-order valence-corrected chi connectivity index (χ2v) is 6.02. The fourth-order valence-corrected chi connectivity index (χ4v) is 2.24. The van der Waals surface area contributed by atoms with E-state index in [1.54, 1.807) is 31.2 Å². The molecule has 0 saturated heterocycles. The zero-order valence-corrected chi connectivity index (χ0v) is 14.4. The number of nitrogens with one attached hydrogen (secondary N) is 1. The van der Waals surface area contributed by atoms with Gasteiger partial charge in [0.1, 0.15) is 5.75 Å². The third kappa shape index (κ3) is 6.65. The average molecular weight is 381 g/mol. The maximum Gasteiger partial charge on any atom is 0.422 e. The number of ether oxygens (including phenoxy) is 1. The van der Waals surface area contributed by atoms with E-state index in [0.717, 1.165) is 5.56 Å². The summed E-state index contributed by atoms with van der Waals surface area (Å²) in [5.41, 5.74) is 1.61. The van der Waals surface area contributed by atoms with Crippen molar-refractivity contribution in [2.75, 3.05) is 11.9 Å². The summed E-state index contributed by atoms with van der Waals surface area (Å²) in [6, 6.07) is 12.1. The first-order valence-electron chi connectivity index (χ1n) is 8.07. The average Bonchev–Trinajstić information content (AvgIpc) is 2.61. The minimum absolute atomic E-state index is 0.0146. The van der Waals surface area contributed by atoms with Crippen LogP contribution < -0.4 is 10.1 Å². The molecule has 1 amide bonds. The third-order valence-electron chi connectivity index (χ3n) is 3.69. The number of hydrogen-bond acceptors (Lipinski definition) is 3. The van der Waals surface area contributed by atoms with Gasteiger partial charge in [-0.05, 0) is 48.4 Å². The van der Waals surface area contributed by atoms with Crippen LogP contribution in [0.5, 0.6) is 5.75 Å². The number of anilines is 1. The molecule has 0 aliphatic carbocycles. The SMILES string of the molecule is CC(Cc1ccc(NC(=O)c2ccc(OCC(F)(F)F)cc2)cc1)C(=O)O. The number of rotatable bonds is 7. The van der Waals surface area contributed by atoms with Gasteiger partial charge >= 0.3 is 12.1 Å². The van der Waals surface area contributed by atoms with Crippen molar-refractivity contribution in [1.29, 1.82) is 0 Å². The molecule has 1 unspecified atom stereocenters. The Morgan fingerprint density at radius 1 is 1.07 bits per heavy atom. The first kappa shape index (κ1) is 20.3. The molecule has 0 aliphatic heterocycles. The van der Waals surface area contributed by atoms with Gasteiger partial charge in [0, 0.05) is 11.3 Å². The highest BCUT2D eigenvalue weighted by molar-refractivity contribution is 6.04. The maximum absolute atomic E-state index is 12.2. The standard InChI is InChI=1S/C19H18F3NO4/c1-12(18(25)26)10-13-2-6-15(7-3-13)23-17(24)14-4-8-16(9-5-14)27-11-19(20,21)22/h2-9,12H,10-11H2,1H3,(H,23,24)(H,25,26). The fraction of sp³-hybridized carbons (Fsp3) is 0.263. The number of aliphatic carboxylic acids is 1. The van der Waals surface area contributed by atoms with E-state index >= 15 is 0 Å². The van der Waals surface area contributed by atoms with E-state index < -0.39 is 30.6 Å². The van der Waals surface area contributed by atoms with Crippen LogP contribution in [-0.2, 0) is 11.2 Å². The van der Waals surface area contributed by atoms with Gasteiger partial charge in [0.05, 0.1) is 5.92 Å². The number of carboxylic acids is 1. The molecule has 0 aliphatic rings. The van der Waals surface area contributed by atoms with Crippen LogP contribution in [0.1, 0.15) is 22.8 Å². The summed E-state index contributed by atoms with van der Waals surface area (Å²) in [4.78, 5) is 23.1. The second kappa shape index (κ2) is 8.57. The molecular weight excluding hydrogens is 363 g/mol. The molecule has 2 aromatic rings. The first-order valence-corrected chi connectivity index (χ1v) is 8.07. The van der Waals surface area contributed by atoms with Crippen LogP contribution >= 0.6 is 0 Å². The van der Waals surface area contributed by atoms with Crippen molar-refractivity contribution in [3.05, 3.63) is 59.7 Å². The quantitative estimate of drug-likeness (QED) is 0.756. The molecule has 8 heteroatoms. The van der Waals surface area contributed by atoms with Gasteiger partial charge in [-0.3, -0.25) is 9.59 Å². The van der Waals surface area contributed by atoms with E-state index in [9.17, 15) is 22.8 Å². The highest BCUT2D eigenvalue weighted by Gasteiger charge is 2.28. The van der Waals surface area contributed by atoms with Gasteiger partial charge in [-0.15, -0.1) is 0 Å². The van der Waals surface area contributed by atoms with Crippen molar-refractivity contribution in [2.24, 2.45) is 5.92 Å². The molecule has 0 fully saturated rings. The van der Waals surface area contributed by atoms with Gasteiger partial charge in [0.25, 0.3) is 5.91 Å². The number of carboxylic acid groups (broad SMARTS) is 1. The van der Waals surface area contributed by atoms with Crippen LogP contribution in [0.3, 0.4) is 0 Å². The van der Waals surface area contributed by atoms with Crippen LogP contribution in [0.2, 0.25) is 0 Å². The molecule has 2 aromatic carbocycles. The van der Waals surface area contributed by atoms with E-state index in [-0.39, 0.29) is 11.3 Å². The van der Waals surface area contributed by atoms with Crippen molar-refractivity contribution in [3.63, 3.8) is 0 Å². The third-order valence-corrected chi connectivity index (χ3v) is 3.69. The first-order chi connectivity index (χ1) is 12.6. The van der Waals surface area contributed by atoms with E-state index in [0.29, 0.717) is 12.1 Å². The van der Waals surface area contributed by atoms with Gasteiger partial charge < -0.3 is 15.2 Å². The monoisotopic (exact) mass is 381 g/mol. The number of carbonyl (C=O) groups is 2. The zero-order chi connectivity index (χ0) is 20.0. The summed E-state index contributed by atoms with van der Waals surface area (Å²) in [5, 5.41) is 11.6. The summed E-state index contributed by atoms with van der Waals surface area (Å²) in [5.74, 6) is -1.80. The van der Waals surface area contributed by atoms with Gasteiger partial charge in [-0.1, -0.05) is 19.1 Å². The summed E-state index contributed by atoms with van der Waals surface area (Å²) < 4.78 is 40.9. The molecule has 2 rings (SSSR count). The van der Waals surface area contributed by atoms with Crippen molar-refractivity contribution < 1.29 is 32.6 Å². The highest BCUT2D eigenvalue weighted by Crippen LogP contribution is 2.20. The zero-order valence-electron chi connectivity index (χ0n) is 14.4. The van der Waals surface area contributed by atoms with Crippen LogP contribution in [0.4, 0.5) is 18.9 Å². The lowest BCUT2D eigenvalue weighted by atomic mass is 10.0. The lowest BCUT2D eigenvalue weighted by molar-refractivity contribution is -0.153. The number of amides is 1. The van der Waals surface area contributed by atoms with E-state index in [1.165, 1.54) is 24.3 Å². The predicted molar refractivity (Wildman–Crippen MR) is 92.9 cm³/mol. The maximum atomic E-state index is 12.2. The fourth-order valence-electron chi connectivity index (χ4n) is 2.24. The normalized spacial score (nSPS) is 12.3. The molecular formula is C19H18F3NO4. The Kier molecular flexibility index (Phi) is 6.44. The summed E-state index contributed by atoms with van der Waals surface area (Å²) in [7, 11) is 0. The largest absolute Gasteiger partial charge is 0.484 e. The molecule has 5 nitrogen and oxygen atoms in total. The van der Waals surface area contributed by atoms with Crippen LogP contribution in [0.25, 0.3) is 0 Å². The van der Waals surface area contributed by atoms with E-state index in [1.807, 2.05) is 0 Å². The molecule has 27 heavy (non-hydrogen) atoms. The Balaban J connectivity index is 1.93. The Morgan fingerprint density at radius 3 is 2.19 bits per heavy atom. The summed E-state index contributed by atoms with van der Waals surface area (Å²) in [6.07, 6.45) is -4.05. The Bertz CT molecular complexity index is 786. The Morgan fingerprint density at radius 2 is 1.67 bits per heavy atom. The van der Waals surface area contributed by atoms with Crippen molar-refractivity contribution in [3.8, 4) is 5.75 Å². The van der Waals surface area contributed by atoms with Crippen LogP contribution in [-0.4, -0.2) is 29.8 Å². The Hall–Kier alpha value is -3.03. The molecule has 1 atom stereocenters. The van der Waals surface area contributed by atoms with Crippen molar-refractivity contribution in [1.82, 2.24) is 0 Å². The summed E-state index contributed by atoms with van der Waals surface area (Å²) in [6.45, 7) is 0.214. The minimum Gasteiger partial charge on any atom is -0.484 e. The van der Waals surface area contributed by atoms with Crippen molar-refractivity contribution >= 4 is 17.6 Å². The van der Waals surface area contributed by atoms with Gasteiger partial charge in [-0.2, -0.15) is 13.2 Å². The number of benzene rings is 2. The molecule has 0 aromatic heterocycles. The van der Waals surface area contributed by atoms with E-state index in [4.69, 9.17) is 5.11 Å². The smallest absolute Gasteiger partial charge is 0.422 e. The molecule has 2 N–H and O–H groups in total. The van der Waals surface area contributed by atoms with Crippen LogP contribution in [0.15, 0.2) is 48.5 Å². The molecule has 0 radical (unpaired) electrons. The van der Waals surface area contributed by atoms with Gasteiger partial charge in [0.2, 0.25) is 0 Å². The van der Waals surface area contributed by atoms with Crippen LogP contribution in [0, 0.1) is 5.92 Å². The molecule has 0 saturated carbocycles. The number of hydrogen-bond donors (Lipinski definition) is 2. The lowest BCUT2D eigenvalue weighted by Gasteiger charge is -2.10. The second-order valence-electron chi connectivity index (χ2n) is 6.02. The highest BCUT2D eigenvalue weighted by atomic mass is 19.4. The minimum atomic E-state index is -4.43. The topological polar surface area (TPSA) is 75.6 Å². The molecule has 0 bridgehead atoms. The van der Waals surface area contributed by atoms with Crippen molar-refractivity contribution in [2.45, 2.75) is 19.5 Å². The lowest BCUT2D eigenvalue weighted by Crippen LogP contribution is -2.19. The molecule has 144 valence electrons. The number of halogens is 3. The Labute approximate surface area is 153 Å². The molecule has 0 spiro atoms. The van der Waals surface area contributed by atoms with Gasteiger partial charge in [-0.25, -0.2) is 0 Å². The summed E-state index contributed by atoms with van der Waals surface area (Å²) >= 11 is 0. The van der Waals surface area contributed by atoms with Gasteiger partial charge in [0.15, 0.2) is 6.61 Å².